The molecular formula is C19H13FN2O3. The molecule has 1 amide bonds. The number of hydrogen-bond acceptors (Lipinski definition) is 4. The second kappa shape index (κ2) is 6.24. The molecular weight excluding hydrogens is 323 g/mol. The highest BCUT2D eigenvalue weighted by atomic mass is 19.1. The van der Waals surface area contributed by atoms with Crippen molar-refractivity contribution < 1.29 is 18.1 Å². The van der Waals surface area contributed by atoms with E-state index in [1.54, 1.807) is 18.2 Å². The van der Waals surface area contributed by atoms with E-state index in [-0.39, 0.29) is 18.0 Å². The molecule has 25 heavy (non-hydrogen) atoms. The van der Waals surface area contributed by atoms with E-state index in [9.17, 15) is 9.18 Å². The van der Waals surface area contributed by atoms with Gasteiger partial charge in [-0.25, -0.2) is 4.39 Å². The van der Waals surface area contributed by atoms with Gasteiger partial charge < -0.3 is 14.3 Å². The van der Waals surface area contributed by atoms with Gasteiger partial charge in [-0.1, -0.05) is 35.5 Å². The molecule has 0 fully saturated rings. The monoisotopic (exact) mass is 336 g/mol. The summed E-state index contributed by atoms with van der Waals surface area (Å²) >= 11 is 0. The molecule has 124 valence electrons. The number of rotatable bonds is 4. The lowest BCUT2D eigenvalue weighted by Crippen LogP contribution is -2.15. The Labute approximate surface area is 142 Å². The van der Waals surface area contributed by atoms with Gasteiger partial charge in [-0.2, -0.15) is 0 Å². The third-order valence-corrected chi connectivity index (χ3v) is 3.72. The molecule has 6 heteroatoms. The molecule has 0 bridgehead atoms. The Morgan fingerprint density at radius 2 is 1.84 bits per heavy atom. The Morgan fingerprint density at radius 1 is 1.04 bits per heavy atom. The van der Waals surface area contributed by atoms with Crippen LogP contribution in [-0.4, -0.2) is 11.1 Å². The Hall–Kier alpha value is -3.41. The van der Waals surface area contributed by atoms with Crippen LogP contribution in [0, 0.1) is 5.82 Å². The molecule has 4 aromatic rings. The lowest BCUT2D eigenvalue weighted by Gasteiger charge is -2.04. The van der Waals surface area contributed by atoms with Crippen LogP contribution in [0.1, 0.15) is 5.69 Å². The fourth-order valence-electron chi connectivity index (χ4n) is 2.54. The average Bonchev–Trinajstić information content (AvgIpc) is 3.23. The smallest absolute Gasteiger partial charge is 0.230 e. The zero-order chi connectivity index (χ0) is 17.2. The van der Waals surface area contributed by atoms with Gasteiger partial charge in [-0.3, -0.25) is 4.79 Å². The molecule has 0 atom stereocenters. The van der Waals surface area contributed by atoms with E-state index >= 15 is 0 Å². The van der Waals surface area contributed by atoms with Crippen LogP contribution in [0.15, 0.2) is 69.6 Å². The summed E-state index contributed by atoms with van der Waals surface area (Å²) in [5.41, 5.74) is 1.31. The number of hydrogen-bond donors (Lipinski definition) is 1. The maximum Gasteiger partial charge on any atom is 0.230 e. The van der Waals surface area contributed by atoms with Crippen LogP contribution in [0.25, 0.3) is 22.5 Å². The minimum atomic E-state index is -0.487. The third kappa shape index (κ3) is 3.14. The number of furan rings is 1. The molecule has 2 aromatic carbocycles. The number of nitrogens with one attached hydrogen (secondary N) is 1. The summed E-state index contributed by atoms with van der Waals surface area (Å²) in [6.07, 6.45) is -0.0297. The van der Waals surface area contributed by atoms with E-state index in [0.717, 1.165) is 11.0 Å². The van der Waals surface area contributed by atoms with E-state index in [0.29, 0.717) is 17.2 Å². The Balaban J connectivity index is 1.49. The van der Waals surface area contributed by atoms with E-state index in [1.807, 2.05) is 30.3 Å². The van der Waals surface area contributed by atoms with Crippen molar-refractivity contribution in [1.29, 1.82) is 0 Å². The Bertz CT molecular complexity index is 1020. The van der Waals surface area contributed by atoms with Crippen molar-refractivity contribution in [3.63, 3.8) is 0 Å². The standard InChI is InChI=1S/C19H13FN2O3/c20-14-6-2-3-7-15(14)21-19(23)11-13-10-18(25-22-13)17-9-12-5-1-4-8-16(12)24-17/h1-10H,11H2,(H,21,23). The quantitative estimate of drug-likeness (QED) is 0.599. The van der Waals surface area contributed by atoms with Gasteiger partial charge in [0, 0.05) is 11.5 Å². The van der Waals surface area contributed by atoms with Crippen molar-refractivity contribution in [2.45, 2.75) is 6.42 Å². The number of amides is 1. The van der Waals surface area contributed by atoms with Gasteiger partial charge in [0.1, 0.15) is 11.4 Å². The van der Waals surface area contributed by atoms with Gasteiger partial charge in [0.05, 0.1) is 17.8 Å². The zero-order valence-electron chi connectivity index (χ0n) is 13.0. The Morgan fingerprint density at radius 3 is 2.68 bits per heavy atom. The maximum atomic E-state index is 13.6. The van der Waals surface area contributed by atoms with Crippen LogP contribution in [0.2, 0.25) is 0 Å². The van der Waals surface area contributed by atoms with Crippen LogP contribution in [0.4, 0.5) is 10.1 Å². The molecule has 1 N–H and O–H groups in total. The number of anilines is 1. The minimum absolute atomic E-state index is 0.0297. The fourth-order valence-corrected chi connectivity index (χ4v) is 2.54. The summed E-state index contributed by atoms with van der Waals surface area (Å²) in [6.45, 7) is 0. The minimum Gasteiger partial charge on any atom is -0.453 e. The van der Waals surface area contributed by atoms with E-state index in [2.05, 4.69) is 10.5 Å². The van der Waals surface area contributed by atoms with Crippen LogP contribution in [-0.2, 0) is 11.2 Å². The summed E-state index contributed by atoms with van der Waals surface area (Å²) < 4.78 is 24.5. The van der Waals surface area contributed by atoms with E-state index in [1.165, 1.54) is 12.1 Å². The number of aromatic nitrogens is 1. The molecule has 5 nitrogen and oxygen atoms in total. The zero-order valence-corrected chi connectivity index (χ0v) is 13.0. The lowest BCUT2D eigenvalue weighted by molar-refractivity contribution is -0.115. The predicted molar refractivity (Wildman–Crippen MR) is 90.4 cm³/mol. The number of halogens is 1. The van der Waals surface area contributed by atoms with Crippen LogP contribution in [0.5, 0.6) is 0 Å². The predicted octanol–water partition coefficient (Wildman–Crippen LogP) is 4.41. The first kappa shape index (κ1) is 15.1. The van der Waals surface area contributed by atoms with E-state index < -0.39 is 5.82 Å². The molecule has 0 spiro atoms. The molecule has 0 aliphatic rings. The van der Waals surface area contributed by atoms with Crippen molar-refractivity contribution in [3.8, 4) is 11.5 Å². The van der Waals surface area contributed by atoms with Crippen LogP contribution < -0.4 is 5.32 Å². The highest BCUT2D eigenvalue weighted by molar-refractivity contribution is 5.92. The fraction of sp³-hybridized carbons (Fsp3) is 0.0526. The first-order valence-corrected chi connectivity index (χ1v) is 7.68. The van der Waals surface area contributed by atoms with Gasteiger partial charge >= 0.3 is 0 Å². The topological polar surface area (TPSA) is 68.3 Å². The van der Waals surface area contributed by atoms with Crippen molar-refractivity contribution in [2.75, 3.05) is 5.32 Å². The summed E-state index contributed by atoms with van der Waals surface area (Å²) in [5, 5.41) is 7.34. The summed E-state index contributed by atoms with van der Waals surface area (Å²) in [6, 6.07) is 17.1. The second-order valence-electron chi connectivity index (χ2n) is 5.54. The maximum absolute atomic E-state index is 13.6. The summed E-state index contributed by atoms with van der Waals surface area (Å²) in [4.78, 5) is 12.0. The summed E-state index contributed by atoms with van der Waals surface area (Å²) in [7, 11) is 0. The molecule has 0 aliphatic carbocycles. The third-order valence-electron chi connectivity index (χ3n) is 3.72. The molecule has 2 heterocycles. The number of para-hydroxylation sites is 2. The second-order valence-corrected chi connectivity index (χ2v) is 5.54. The van der Waals surface area contributed by atoms with Crippen LogP contribution >= 0.6 is 0 Å². The van der Waals surface area contributed by atoms with Crippen molar-refractivity contribution in [2.24, 2.45) is 0 Å². The molecule has 0 saturated carbocycles. The van der Waals surface area contributed by atoms with Gasteiger partial charge in [0.25, 0.3) is 0 Å². The Kier molecular flexibility index (Phi) is 3.78. The van der Waals surface area contributed by atoms with Crippen molar-refractivity contribution in [3.05, 3.63) is 72.2 Å². The van der Waals surface area contributed by atoms with Gasteiger partial charge in [-0.05, 0) is 24.3 Å². The number of benzene rings is 2. The first-order chi connectivity index (χ1) is 12.2. The number of fused-ring (bicyclic) bond motifs is 1. The molecule has 4 rings (SSSR count). The van der Waals surface area contributed by atoms with E-state index in [4.69, 9.17) is 8.94 Å². The highest BCUT2D eigenvalue weighted by Crippen LogP contribution is 2.28. The molecule has 0 aliphatic heterocycles. The highest BCUT2D eigenvalue weighted by Gasteiger charge is 2.15. The normalized spacial score (nSPS) is 10.9. The largest absolute Gasteiger partial charge is 0.453 e. The van der Waals surface area contributed by atoms with Crippen molar-refractivity contribution in [1.82, 2.24) is 5.16 Å². The number of nitrogens with zero attached hydrogens (tertiary/aromatic N) is 1. The first-order valence-electron chi connectivity index (χ1n) is 7.68. The van der Waals surface area contributed by atoms with Gasteiger partial charge in [0.15, 0.2) is 5.76 Å². The molecule has 0 unspecified atom stereocenters. The number of carbonyl (C=O) groups is 1. The molecule has 2 aromatic heterocycles. The SMILES string of the molecule is O=C(Cc1cc(-c2cc3ccccc3o2)on1)Nc1ccccc1F. The average molecular weight is 336 g/mol. The van der Waals surface area contributed by atoms with Crippen LogP contribution in [0.3, 0.4) is 0 Å². The molecule has 0 radical (unpaired) electrons. The van der Waals surface area contributed by atoms with Gasteiger partial charge in [-0.15, -0.1) is 0 Å². The van der Waals surface area contributed by atoms with Crippen molar-refractivity contribution >= 4 is 22.6 Å². The number of carbonyl (C=O) groups excluding carboxylic acids is 1. The van der Waals surface area contributed by atoms with Gasteiger partial charge in [0.2, 0.25) is 11.7 Å². The lowest BCUT2D eigenvalue weighted by atomic mass is 10.2. The summed E-state index contributed by atoms with van der Waals surface area (Å²) in [5.74, 6) is 0.105. The molecule has 0 saturated heterocycles.